The fraction of sp³-hybridized carbons (Fsp3) is 0.231. The Hall–Kier alpha value is -2.25. The number of benzene rings is 1. The van der Waals surface area contributed by atoms with Gasteiger partial charge in [-0.2, -0.15) is 0 Å². The van der Waals surface area contributed by atoms with Crippen LogP contribution in [0, 0.1) is 0 Å². The maximum Gasteiger partial charge on any atom is 0.249 e. The van der Waals surface area contributed by atoms with Gasteiger partial charge < -0.3 is 10.2 Å². The molecule has 2 N–H and O–H groups in total. The first-order valence-electron chi connectivity index (χ1n) is 6.36. The molecule has 0 amide bonds. The Kier molecular flexibility index (Phi) is 3.68. The third kappa shape index (κ3) is 2.93. The van der Waals surface area contributed by atoms with E-state index in [9.17, 15) is 0 Å². The van der Waals surface area contributed by atoms with Crippen molar-refractivity contribution in [1.82, 2.24) is 25.2 Å². The van der Waals surface area contributed by atoms with Gasteiger partial charge in [-0.05, 0) is 19.1 Å². The lowest BCUT2D eigenvalue weighted by molar-refractivity contribution is 0.469. The van der Waals surface area contributed by atoms with E-state index in [1.54, 1.807) is 16.9 Å². The molecule has 0 aliphatic rings. The zero-order valence-electron chi connectivity index (χ0n) is 11.3. The van der Waals surface area contributed by atoms with Crippen molar-refractivity contribution in [3.05, 3.63) is 47.1 Å². The van der Waals surface area contributed by atoms with Crippen molar-refractivity contribution in [2.75, 3.05) is 0 Å². The van der Waals surface area contributed by atoms with Gasteiger partial charge in [-0.1, -0.05) is 28.9 Å². The van der Waals surface area contributed by atoms with Crippen LogP contribution in [0.2, 0.25) is 5.02 Å². The van der Waals surface area contributed by atoms with Crippen LogP contribution in [0.1, 0.15) is 24.6 Å². The predicted octanol–water partition coefficient (Wildman–Crippen LogP) is 2.05. The van der Waals surface area contributed by atoms with Gasteiger partial charge in [0.05, 0.1) is 22.5 Å². The van der Waals surface area contributed by atoms with E-state index in [2.05, 4.69) is 20.5 Å². The van der Waals surface area contributed by atoms with Crippen molar-refractivity contribution in [3.8, 4) is 11.5 Å². The van der Waals surface area contributed by atoms with Crippen LogP contribution in [0.3, 0.4) is 0 Å². The van der Waals surface area contributed by atoms with Crippen molar-refractivity contribution in [2.24, 2.45) is 5.73 Å². The third-order valence-corrected chi connectivity index (χ3v) is 3.22. The normalized spacial score (nSPS) is 12.5. The minimum atomic E-state index is -0.167. The van der Waals surface area contributed by atoms with Gasteiger partial charge in [0.2, 0.25) is 11.8 Å². The molecule has 0 fully saturated rings. The van der Waals surface area contributed by atoms with Gasteiger partial charge >= 0.3 is 0 Å². The second-order valence-electron chi connectivity index (χ2n) is 4.61. The zero-order valence-corrected chi connectivity index (χ0v) is 12.0. The van der Waals surface area contributed by atoms with E-state index >= 15 is 0 Å². The van der Waals surface area contributed by atoms with Crippen molar-refractivity contribution in [1.29, 1.82) is 0 Å². The lowest BCUT2D eigenvalue weighted by atomic mass is 10.2. The molecular weight excluding hydrogens is 292 g/mol. The molecule has 0 saturated heterocycles. The lowest BCUT2D eigenvalue weighted by Gasteiger charge is -1.97. The fourth-order valence-electron chi connectivity index (χ4n) is 1.80. The van der Waals surface area contributed by atoms with Gasteiger partial charge in [-0.3, -0.25) is 0 Å². The summed E-state index contributed by atoms with van der Waals surface area (Å²) in [6.45, 7) is 2.17. The summed E-state index contributed by atoms with van der Waals surface area (Å²) in [6, 6.07) is 7.13. The average molecular weight is 305 g/mol. The minimum absolute atomic E-state index is 0.167. The van der Waals surface area contributed by atoms with Gasteiger partial charge in [0.1, 0.15) is 6.54 Å². The summed E-state index contributed by atoms with van der Waals surface area (Å²) in [5, 5.41) is 16.5. The summed E-state index contributed by atoms with van der Waals surface area (Å²) in [7, 11) is 0. The van der Waals surface area contributed by atoms with Crippen LogP contribution in [0.4, 0.5) is 0 Å². The summed E-state index contributed by atoms with van der Waals surface area (Å²) in [5.74, 6) is 0.800. The number of hydrogen-bond acceptors (Lipinski definition) is 6. The highest BCUT2D eigenvalue weighted by molar-refractivity contribution is 6.33. The number of hydrogen-bond donors (Lipinski definition) is 1. The summed E-state index contributed by atoms with van der Waals surface area (Å²) in [5.41, 5.74) is 7.15. The van der Waals surface area contributed by atoms with E-state index < -0.39 is 0 Å². The first-order chi connectivity index (χ1) is 10.1. The SMILES string of the molecule is CC(N)c1cn(Cc2nnc(-c3ccccc3Cl)o2)nn1. The molecule has 108 valence electrons. The van der Waals surface area contributed by atoms with Crippen molar-refractivity contribution in [2.45, 2.75) is 19.5 Å². The zero-order chi connectivity index (χ0) is 14.8. The van der Waals surface area contributed by atoms with Gasteiger partial charge in [0, 0.05) is 6.04 Å². The first-order valence-corrected chi connectivity index (χ1v) is 6.74. The molecule has 3 aromatic rings. The Balaban J connectivity index is 1.80. The lowest BCUT2D eigenvalue weighted by Crippen LogP contribution is -2.05. The molecule has 2 heterocycles. The maximum atomic E-state index is 6.10. The van der Waals surface area contributed by atoms with Crippen LogP contribution in [0.5, 0.6) is 0 Å². The molecule has 21 heavy (non-hydrogen) atoms. The van der Waals surface area contributed by atoms with Crippen molar-refractivity contribution >= 4 is 11.6 Å². The monoisotopic (exact) mass is 304 g/mol. The maximum absolute atomic E-state index is 6.10. The fourth-order valence-corrected chi connectivity index (χ4v) is 2.02. The molecule has 0 bridgehead atoms. The van der Waals surface area contributed by atoms with Gasteiger partial charge in [-0.15, -0.1) is 15.3 Å². The van der Waals surface area contributed by atoms with Gasteiger partial charge in [0.15, 0.2) is 0 Å². The molecular formula is C13H13ClN6O. The second-order valence-corrected chi connectivity index (χ2v) is 5.02. The smallest absolute Gasteiger partial charge is 0.249 e. The third-order valence-electron chi connectivity index (χ3n) is 2.89. The molecule has 0 aliphatic carbocycles. The van der Waals surface area contributed by atoms with Crippen LogP contribution in [0.15, 0.2) is 34.9 Å². The number of halogens is 1. The van der Waals surface area contributed by atoms with Gasteiger partial charge in [0.25, 0.3) is 0 Å². The van der Waals surface area contributed by atoms with Crippen LogP contribution in [-0.2, 0) is 6.54 Å². The number of aromatic nitrogens is 5. The molecule has 0 spiro atoms. The first kappa shape index (κ1) is 13.7. The number of nitrogens with two attached hydrogens (primary N) is 1. The summed E-state index contributed by atoms with van der Waals surface area (Å²) in [4.78, 5) is 0. The second kappa shape index (κ2) is 5.63. The standard InChI is InChI=1S/C13H13ClN6O/c1-8(15)11-6-20(19-16-11)7-12-17-18-13(21-12)9-4-2-3-5-10(9)14/h2-6,8H,7,15H2,1H3. The minimum Gasteiger partial charge on any atom is -0.419 e. The summed E-state index contributed by atoms with van der Waals surface area (Å²) >= 11 is 6.10. The van der Waals surface area contributed by atoms with Gasteiger partial charge in [-0.25, -0.2) is 4.68 Å². The molecule has 1 aromatic carbocycles. The van der Waals surface area contributed by atoms with Crippen molar-refractivity contribution in [3.63, 3.8) is 0 Å². The van der Waals surface area contributed by atoms with E-state index in [-0.39, 0.29) is 6.04 Å². The van der Waals surface area contributed by atoms with E-state index in [1.807, 2.05) is 25.1 Å². The molecule has 8 heteroatoms. The molecule has 0 aliphatic heterocycles. The molecule has 2 aromatic heterocycles. The molecule has 7 nitrogen and oxygen atoms in total. The van der Waals surface area contributed by atoms with Crippen LogP contribution >= 0.6 is 11.6 Å². The number of nitrogens with zero attached hydrogens (tertiary/aromatic N) is 5. The Labute approximate surface area is 125 Å². The highest BCUT2D eigenvalue weighted by Gasteiger charge is 2.13. The predicted molar refractivity (Wildman–Crippen MR) is 76.5 cm³/mol. The van der Waals surface area contributed by atoms with E-state index in [0.29, 0.717) is 34.6 Å². The molecule has 0 radical (unpaired) electrons. The van der Waals surface area contributed by atoms with Crippen LogP contribution in [-0.4, -0.2) is 25.2 Å². The van der Waals surface area contributed by atoms with Crippen LogP contribution < -0.4 is 5.73 Å². The van der Waals surface area contributed by atoms with Crippen LogP contribution in [0.25, 0.3) is 11.5 Å². The van der Waals surface area contributed by atoms with E-state index in [4.69, 9.17) is 21.8 Å². The molecule has 3 rings (SSSR count). The Morgan fingerprint density at radius 1 is 1.29 bits per heavy atom. The average Bonchev–Trinajstić information content (AvgIpc) is 3.09. The van der Waals surface area contributed by atoms with Crippen molar-refractivity contribution < 1.29 is 4.42 Å². The molecule has 0 saturated carbocycles. The molecule has 1 atom stereocenters. The quantitative estimate of drug-likeness (QED) is 0.792. The Morgan fingerprint density at radius 3 is 2.81 bits per heavy atom. The topological polar surface area (TPSA) is 95.7 Å². The molecule has 1 unspecified atom stereocenters. The summed E-state index contributed by atoms with van der Waals surface area (Å²) < 4.78 is 7.20. The number of rotatable bonds is 4. The highest BCUT2D eigenvalue weighted by atomic mass is 35.5. The van der Waals surface area contributed by atoms with E-state index in [1.165, 1.54) is 0 Å². The summed E-state index contributed by atoms with van der Waals surface area (Å²) in [6.07, 6.45) is 1.75. The highest BCUT2D eigenvalue weighted by Crippen LogP contribution is 2.26. The largest absolute Gasteiger partial charge is 0.419 e. The Bertz CT molecular complexity index is 750. The van der Waals surface area contributed by atoms with E-state index in [0.717, 1.165) is 0 Å². The Morgan fingerprint density at radius 2 is 2.10 bits per heavy atom.